The molecule has 1 rings (SSSR count). The Bertz CT molecular complexity index is 441. The first-order chi connectivity index (χ1) is 7.43. The van der Waals surface area contributed by atoms with Crippen LogP contribution in [0.25, 0.3) is 0 Å². The molecule has 1 aromatic rings. The summed E-state index contributed by atoms with van der Waals surface area (Å²) in [5, 5.41) is 8.77. The van der Waals surface area contributed by atoms with Crippen LogP contribution in [0.1, 0.15) is 6.92 Å². The number of aromatic nitrogens is 2. The minimum atomic E-state index is -0.889. The van der Waals surface area contributed by atoms with Crippen LogP contribution in [-0.4, -0.2) is 34.2 Å². The number of rotatable bonds is 4. The lowest BCUT2D eigenvalue weighted by atomic mass is 10.2. The average Bonchev–Trinajstić information content (AvgIpc) is 2.21. The quantitative estimate of drug-likeness (QED) is 0.776. The van der Waals surface area contributed by atoms with Gasteiger partial charge >= 0.3 is 5.97 Å². The van der Waals surface area contributed by atoms with Gasteiger partial charge in [-0.1, -0.05) is 6.92 Å². The molecule has 16 heavy (non-hydrogen) atoms. The maximum atomic E-state index is 11.7. The van der Waals surface area contributed by atoms with Crippen LogP contribution in [-0.2, 0) is 11.8 Å². The van der Waals surface area contributed by atoms with E-state index in [4.69, 9.17) is 5.11 Å². The molecule has 88 valence electrons. The minimum absolute atomic E-state index is 0.234. The zero-order valence-corrected chi connectivity index (χ0v) is 9.54. The van der Waals surface area contributed by atoms with Crippen molar-refractivity contribution in [3.8, 4) is 0 Å². The van der Waals surface area contributed by atoms with E-state index in [9.17, 15) is 9.59 Å². The molecule has 6 heteroatoms. The average molecular weight is 225 g/mol. The number of carboxylic acids is 1. The Hall–Kier alpha value is -1.85. The fraction of sp³-hybridized carbons (Fsp3) is 0.500. The Morgan fingerprint density at radius 2 is 2.31 bits per heavy atom. The van der Waals surface area contributed by atoms with Crippen molar-refractivity contribution >= 4 is 11.8 Å². The molecule has 0 aliphatic rings. The second-order valence-corrected chi connectivity index (χ2v) is 3.79. The van der Waals surface area contributed by atoms with Crippen molar-refractivity contribution in [2.45, 2.75) is 6.92 Å². The van der Waals surface area contributed by atoms with Crippen LogP contribution in [0.3, 0.4) is 0 Å². The molecule has 0 aliphatic heterocycles. The molecular formula is C10H15N3O3. The van der Waals surface area contributed by atoms with E-state index in [1.54, 1.807) is 32.1 Å². The van der Waals surface area contributed by atoms with Gasteiger partial charge in [-0.25, -0.2) is 4.98 Å². The van der Waals surface area contributed by atoms with E-state index in [-0.39, 0.29) is 17.9 Å². The van der Waals surface area contributed by atoms with Crippen molar-refractivity contribution in [3.63, 3.8) is 0 Å². The Morgan fingerprint density at radius 1 is 1.69 bits per heavy atom. The van der Waals surface area contributed by atoms with Crippen LogP contribution in [0.4, 0.5) is 5.82 Å². The Labute approximate surface area is 93.1 Å². The third-order valence-corrected chi connectivity index (χ3v) is 2.33. The zero-order valence-electron chi connectivity index (χ0n) is 9.54. The molecule has 0 amide bonds. The molecule has 0 saturated heterocycles. The summed E-state index contributed by atoms with van der Waals surface area (Å²) in [6, 6.07) is 0. The van der Waals surface area contributed by atoms with Gasteiger partial charge in [-0.15, -0.1) is 0 Å². The van der Waals surface area contributed by atoms with E-state index in [2.05, 4.69) is 4.98 Å². The van der Waals surface area contributed by atoms with E-state index in [1.807, 2.05) is 0 Å². The predicted molar refractivity (Wildman–Crippen MR) is 59.5 cm³/mol. The molecule has 1 unspecified atom stereocenters. The first-order valence-corrected chi connectivity index (χ1v) is 4.89. The van der Waals surface area contributed by atoms with Gasteiger partial charge in [-0.3, -0.25) is 9.59 Å². The van der Waals surface area contributed by atoms with Gasteiger partial charge in [-0.05, 0) is 0 Å². The number of carboxylic acid groups (broad SMARTS) is 1. The van der Waals surface area contributed by atoms with Crippen LogP contribution < -0.4 is 10.5 Å². The molecule has 1 N–H and O–H groups in total. The van der Waals surface area contributed by atoms with Crippen LogP contribution in [0.5, 0.6) is 0 Å². The highest BCUT2D eigenvalue weighted by Gasteiger charge is 2.16. The minimum Gasteiger partial charge on any atom is -0.481 e. The van der Waals surface area contributed by atoms with Crippen molar-refractivity contribution < 1.29 is 9.90 Å². The Balaban J connectivity index is 2.89. The number of carbonyl (C=O) groups is 1. The first-order valence-electron chi connectivity index (χ1n) is 4.89. The number of aryl methyl sites for hydroxylation is 1. The highest BCUT2D eigenvalue weighted by molar-refractivity contribution is 5.70. The molecule has 1 aromatic heterocycles. The van der Waals surface area contributed by atoms with Gasteiger partial charge in [-0.2, -0.15) is 0 Å². The summed E-state index contributed by atoms with van der Waals surface area (Å²) >= 11 is 0. The number of anilines is 1. The molecule has 0 saturated carbocycles. The summed E-state index contributed by atoms with van der Waals surface area (Å²) in [6.07, 6.45) is 3.07. The summed E-state index contributed by atoms with van der Waals surface area (Å²) in [5.41, 5.74) is -0.234. The molecule has 1 heterocycles. The van der Waals surface area contributed by atoms with Gasteiger partial charge < -0.3 is 14.6 Å². The van der Waals surface area contributed by atoms with Crippen LogP contribution in [0, 0.1) is 5.92 Å². The molecule has 0 fully saturated rings. The largest absolute Gasteiger partial charge is 0.481 e. The number of hydrogen-bond acceptors (Lipinski definition) is 4. The SMILES string of the molecule is CC(CN(C)c1nccn(C)c1=O)C(=O)O. The molecule has 0 spiro atoms. The summed E-state index contributed by atoms with van der Waals surface area (Å²) in [7, 11) is 3.28. The third kappa shape index (κ3) is 2.59. The third-order valence-electron chi connectivity index (χ3n) is 2.33. The molecule has 1 atom stereocenters. The van der Waals surface area contributed by atoms with E-state index < -0.39 is 11.9 Å². The van der Waals surface area contributed by atoms with Gasteiger partial charge in [0.25, 0.3) is 5.56 Å². The Morgan fingerprint density at radius 3 is 2.88 bits per heavy atom. The van der Waals surface area contributed by atoms with Crippen LogP contribution in [0.15, 0.2) is 17.2 Å². The van der Waals surface area contributed by atoms with Crippen molar-refractivity contribution in [3.05, 3.63) is 22.7 Å². The number of aliphatic carboxylic acids is 1. The summed E-state index contributed by atoms with van der Waals surface area (Å²) in [5.74, 6) is -1.17. The van der Waals surface area contributed by atoms with Gasteiger partial charge in [0.2, 0.25) is 0 Å². The molecular weight excluding hydrogens is 210 g/mol. The standard InChI is InChI=1S/C10H15N3O3/c1-7(10(15)16)6-13(3)8-9(14)12(2)5-4-11-8/h4-5,7H,6H2,1-3H3,(H,15,16). The highest BCUT2D eigenvalue weighted by atomic mass is 16.4. The smallest absolute Gasteiger partial charge is 0.308 e. The van der Waals surface area contributed by atoms with Crippen LogP contribution >= 0.6 is 0 Å². The van der Waals surface area contributed by atoms with Crippen LogP contribution in [0.2, 0.25) is 0 Å². The Kier molecular flexibility index (Phi) is 3.65. The van der Waals surface area contributed by atoms with Crippen molar-refractivity contribution in [1.29, 1.82) is 0 Å². The van der Waals surface area contributed by atoms with Gasteiger partial charge in [0.15, 0.2) is 5.82 Å². The lowest BCUT2D eigenvalue weighted by Gasteiger charge is -2.19. The molecule has 0 radical (unpaired) electrons. The molecule has 0 aliphatic carbocycles. The fourth-order valence-corrected chi connectivity index (χ4v) is 1.32. The van der Waals surface area contributed by atoms with Crippen molar-refractivity contribution in [2.24, 2.45) is 13.0 Å². The molecule has 6 nitrogen and oxygen atoms in total. The van der Waals surface area contributed by atoms with E-state index in [0.717, 1.165) is 0 Å². The van der Waals surface area contributed by atoms with Gasteiger partial charge in [0, 0.05) is 33.0 Å². The molecule has 0 bridgehead atoms. The molecule has 0 aromatic carbocycles. The summed E-state index contributed by atoms with van der Waals surface area (Å²) in [4.78, 5) is 27.9. The van der Waals surface area contributed by atoms with Crippen molar-refractivity contribution in [1.82, 2.24) is 9.55 Å². The second-order valence-electron chi connectivity index (χ2n) is 3.79. The second kappa shape index (κ2) is 4.78. The monoisotopic (exact) mass is 225 g/mol. The van der Waals surface area contributed by atoms with E-state index in [0.29, 0.717) is 0 Å². The normalized spacial score (nSPS) is 12.2. The predicted octanol–water partition coefficient (Wildman–Crippen LogP) is -0.0628. The van der Waals surface area contributed by atoms with Crippen molar-refractivity contribution in [2.75, 3.05) is 18.5 Å². The first kappa shape index (κ1) is 12.2. The lowest BCUT2D eigenvalue weighted by molar-refractivity contribution is -0.140. The maximum Gasteiger partial charge on any atom is 0.308 e. The van der Waals surface area contributed by atoms with Gasteiger partial charge in [0.05, 0.1) is 5.92 Å². The lowest BCUT2D eigenvalue weighted by Crippen LogP contribution is -2.34. The van der Waals surface area contributed by atoms with Gasteiger partial charge in [0.1, 0.15) is 0 Å². The number of hydrogen-bond donors (Lipinski definition) is 1. The summed E-state index contributed by atoms with van der Waals surface area (Å²) < 4.78 is 1.41. The highest BCUT2D eigenvalue weighted by Crippen LogP contribution is 2.04. The topological polar surface area (TPSA) is 75.4 Å². The fourth-order valence-electron chi connectivity index (χ4n) is 1.32. The maximum absolute atomic E-state index is 11.7. The zero-order chi connectivity index (χ0) is 12.3. The van der Waals surface area contributed by atoms with E-state index in [1.165, 1.54) is 10.8 Å². The van der Waals surface area contributed by atoms with E-state index >= 15 is 0 Å². The number of nitrogens with zero attached hydrogens (tertiary/aromatic N) is 3. The summed E-state index contributed by atoms with van der Waals surface area (Å²) in [6.45, 7) is 1.84.